The number of amides is 2. The summed E-state index contributed by atoms with van der Waals surface area (Å²) < 4.78 is 13.1. The topological polar surface area (TPSA) is 40.6 Å². The average Bonchev–Trinajstić information content (AvgIpc) is 2.79. The van der Waals surface area contributed by atoms with Crippen LogP contribution in [-0.2, 0) is 9.59 Å². The van der Waals surface area contributed by atoms with Crippen molar-refractivity contribution >= 4 is 29.3 Å². The number of hydrogen-bond donors (Lipinski definition) is 0. The molecule has 1 aliphatic rings. The average molecular weight is 429 g/mol. The maximum atomic E-state index is 13.2. The van der Waals surface area contributed by atoms with E-state index in [4.69, 9.17) is 0 Å². The van der Waals surface area contributed by atoms with E-state index in [0.717, 1.165) is 22.5 Å². The molecule has 3 aromatic rings. The van der Waals surface area contributed by atoms with Crippen LogP contribution in [0.3, 0.4) is 0 Å². The lowest BCUT2D eigenvalue weighted by Gasteiger charge is -2.43. The zero-order chi connectivity index (χ0) is 22.7. The minimum atomic E-state index is -0.313. The molecule has 0 radical (unpaired) electrons. The normalized spacial score (nSPS) is 17.8. The molecule has 0 unspecified atom stereocenters. The van der Waals surface area contributed by atoms with E-state index in [1.54, 1.807) is 30.0 Å². The molecule has 4 nitrogen and oxygen atoms in total. The highest BCUT2D eigenvalue weighted by Crippen LogP contribution is 2.42. The van der Waals surface area contributed by atoms with Gasteiger partial charge in [0.05, 0.1) is 6.04 Å². The molecular weight excluding hydrogens is 403 g/mol. The molecular formula is C27H25FN2O2. The second kappa shape index (κ2) is 9.18. The van der Waals surface area contributed by atoms with Crippen molar-refractivity contribution in [3.63, 3.8) is 0 Å². The Morgan fingerprint density at radius 2 is 1.62 bits per heavy atom. The zero-order valence-electron chi connectivity index (χ0n) is 18.1. The molecule has 1 heterocycles. The Hall–Kier alpha value is -3.73. The van der Waals surface area contributed by atoms with Crippen molar-refractivity contribution in [1.82, 2.24) is 0 Å². The third-order valence-corrected chi connectivity index (χ3v) is 5.77. The molecule has 0 N–H and O–H groups in total. The van der Waals surface area contributed by atoms with Crippen LogP contribution in [-0.4, -0.2) is 17.9 Å². The van der Waals surface area contributed by atoms with Crippen LogP contribution in [0.2, 0.25) is 0 Å². The van der Waals surface area contributed by atoms with Gasteiger partial charge in [0.15, 0.2) is 0 Å². The van der Waals surface area contributed by atoms with E-state index in [9.17, 15) is 14.0 Å². The van der Waals surface area contributed by atoms with E-state index in [1.807, 2.05) is 66.4 Å². The second-order valence-corrected chi connectivity index (χ2v) is 7.98. The summed E-state index contributed by atoms with van der Waals surface area (Å²) in [6, 6.07) is 23.1. The predicted molar refractivity (Wildman–Crippen MR) is 126 cm³/mol. The number of nitrogens with zero attached hydrogens (tertiary/aromatic N) is 2. The quantitative estimate of drug-likeness (QED) is 0.496. The number of carbonyl (C=O) groups excluding carboxylic acids is 2. The molecule has 0 spiro atoms. The molecule has 1 aliphatic heterocycles. The summed E-state index contributed by atoms with van der Waals surface area (Å²) in [6.07, 6.45) is 3.82. The summed E-state index contributed by atoms with van der Waals surface area (Å²) >= 11 is 0. The summed E-state index contributed by atoms with van der Waals surface area (Å²) in [4.78, 5) is 29.4. The second-order valence-electron chi connectivity index (χ2n) is 7.98. The third-order valence-electron chi connectivity index (χ3n) is 5.77. The van der Waals surface area contributed by atoms with Crippen molar-refractivity contribution < 1.29 is 14.0 Å². The van der Waals surface area contributed by atoms with Crippen molar-refractivity contribution in [2.24, 2.45) is 0 Å². The van der Waals surface area contributed by atoms with E-state index in [2.05, 4.69) is 0 Å². The summed E-state index contributed by atoms with van der Waals surface area (Å²) in [5.74, 6) is -0.507. The fraction of sp³-hybridized carbons (Fsp3) is 0.185. The lowest BCUT2D eigenvalue weighted by atomic mass is 9.89. The van der Waals surface area contributed by atoms with Crippen molar-refractivity contribution in [2.75, 3.05) is 9.80 Å². The lowest BCUT2D eigenvalue weighted by molar-refractivity contribution is -0.117. The number of anilines is 2. The summed E-state index contributed by atoms with van der Waals surface area (Å²) in [5, 5.41) is 0. The van der Waals surface area contributed by atoms with Crippen LogP contribution in [0.1, 0.15) is 37.4 Å². The van der Waals surface area contributed by atoms with Gasteiger partial charge in [-0.3, -0.25) is 9.59 Å². The fourth-order valence-corrected chi connectivity index (χ4v) is 4.35. The molecule has 0 bridgehead atoms. The molecule has 5 heteroatoms. The highest BCUT2D eigenvalue weighted by molar-refractivity contribution is 6.05. The van der Waals surface area contributed by atoms with Crippen LogP contribution in [0.15, 0.2) is 84.9 Å². The lowest BCUT2D eigenvalue weighted by Crippen LogP contribution is -2.47. The number of benzene rings is 3. The van der Waals surface area contributed by atoms with Gasteiger partial charge in [0.2, 0.25) is 5.91 Å². The summed E-state index contributed by atoms with van der Waals surface area (Å²) in [6.45, 7) is 3.57. The molecule has 32 heavy (non-hydrogen) atoms. The Bertz CT molecular complexity index is 1140. The summed E-state index contributed by atoms with van der Waals surface area (Å²) in [5.41, 5.74) is 3.32. The first-order valence-corrected chi connectivity index (χ1v) is 10.7. The van der Waals surface area contributed by atoms with Crippen LogP contribution in [0.25, 0.3) is 6.08 Å². The Kier molecular flexibility index (Phi) is 6.17. The number of para-hydroxylation sites is 2. The van der Waals surface area contributed by atoms with Gasteiger partial charge in [-0.05, 0) is 60.9 Å². The minimum absolute atomic E-state index is 0.0424. The number of hydrogen-bond acceptors (Lipinski definition) is 2. The monoisotopic (exact) mass is 428 g/mol. The molecule has 3 aromatic carbocycles. The fourth-order valence-electron chi connectivity index (χ4n) is 4.35. The standard InChI is InChI=1S/C27H25FN2O2/c1-19-18-26(30(20(2)31)23-8-4-3-5-9-23)24-10-6-7-11-25(24)29(19)27(32)17-14-21-12-15-22(28)16-13-21/h3-17,19,26H,18H2,1-2H3/t19-,26+/m1/s1. The van der Waals surface area contributed by atoms with Gasteiger partial charge in [0.1, 0.15) is 5.82 Å². The van der Waals surface area contributed by atoms with Gasteiger partial charge < -0.3 is 9.80 Å². The molecule has 0 aliphatic carbocycles. The van der Waals surface area contributed by atoms with E-state index in [0.29, 0.717) is 6.42 Å². The van der Waals surface area contributed by atoms with Crippen LogP contribution in [0.5, 0.6) is 0 Å². The van der Waals surface area contributed by atoms with Gasteiger partial charge in [-0.2, -0.15) is 0 Å². The van der Waals surface area contributed by atoms with Crippen LogP contribution in [0.4, 0.5) is 15.8 Å². The van der Waals surface area contributed by atoms with Gasteiger partial charge in [-0.25, -0.2) is 4.39 Å². The first-order valence-electron chi connectivity index (χ1n) is 10.7. The highest BCUT2D eigenvalue weighted by Gasteiger charge is 2.37. The smallest absolute Gasteiger partial charge is 0.251 e. The molecule has 2 amide bonds. The van der Waals surface area contributed by atoms with Gasteiger partial charge in [0, 0.05) is 30.4 Å². The van der Waals surface area contributed by atoms with Crippen molar-refractivity contribution in [1.29, 1.82) is 0 Å². The van der Waals surface area contributed by atoms with Gasteiger partial charge in [0.25, 0.3) is 5.91 Å². The molecule has 0 saturated carbocycles. The Balaban J connectivity index is 1.68. The Morgan fingerprint density at radius 1 is 0.969 bits per heavy atom. The minimum Gasteiger partial charge on any atom is -0.306 e. The van der Waals surface area contributed by atoms with Crippen molar-refractivity contribution in [3.8, 4) is 0 Å². The van der Waals surface area contributed by atoms with E-state index in [1.165, 1.54) is 18.2 Å². The van der Waals surface area contributed by atoms with Crippen LogP contribution < -0.4 is 9.80 Å². The maximum Gasteiger partial charge on any atom is 0.251 e. The van der Waals surface area contributed by atoms with Crippen molar-refractivity contribution in [3.05, 3.63) is 102 Å². The largest absolute Gasteiger partial charge is 0.306 e. The van der Waals surface area contributed by atoms with E-state index < -0.39 is 0 Å². The number of carbonyl (C=O) groups is 2. The summed E-state index contributed by atoms with van der Waals surface area (Å²) in [7, 11) is 0. The molecule has 162 valence electrons. The highest BCUT2D eigenvalue weighted by atomic mass is 19.1. The molecule has 2 atom stereocenters. The molecule has 0 fully saturated rings. The maximum absolute atomic E-state index is 13.2. The van der Waals surface area contributed by atoms with Gasteiger partial charge >= 0.3 is 0 Å². The SMILES string of the molecule is CC(=O)N(c1ccccc1)[C@H]1C[C@@H](C)N(C(=O)C=Cc2ccc(F)cc2)c2ccccc21. The Morgan fingerprint density at radius 3 is 2.31 bits per heavy atom. The number of rotatable bonds is 4. The van der Waals surface area contributed by atoms with Crippen LogP contribution in [0, 0.1) is 5.82 Å². The van der Waals surface area contributed by atoms with E-state index >= 15 is 0 Å². The van der Waals surface area contributed by atoms with Gasteiger partial charge in [-0.1, -0.05) is 48.5 Å². The molecule has 0 aromatic heterocycles. The van der Waals surface area contributed by atoms with Crippen molar-refractivity contribution in [2.45, 2.75) is 32.4 Å². The molecule has 4 rings (SSSR count). The molecule has 0 saturated heterocycles. The van der Waals surface area contributed by atoms with Gasteiger partial charge in [-0.15, -0.1) is 0 Å². The predicted octanol–water partition coefficient (Wildman–Crippen LogP) is 5.76. The Labute approximate surface area is 187 Å². The third kappa shape index (κ3) is 4.33. The number of fused-ring (bicyclic) bond motifs is 1. The van der Waals surface area contributed by atoms with E-state index in [-0.39, 0.29) is 29.7 Å². The first-order chi connectivity index (χ1) is 15.5. The number of halogens is 1. The van der Waals surface area contributed by atoms with Crippen LogP contribution >= 0.6 is 0 Å². The zero-order valence-corrected chi connectivity index (χ0v) is 18.1. The first kappa shape index (κ1) is 21.5.